The highest BCUT2D eigenvalue weighted by atomic mass is 35.5. The second-order valence-corrected chi connectivity index (χ2v) is 29.4. The van der Waals surface area contributed by atoms with E-state index in [2.05, 4.69) is 37.4 Å². The third-order valence-electron chi connectivity index (χ3n) is 16.0. The molecule has 80 heavy (non-hydrogen) atoms. The van der Waals surface area contributed by atoms with Crippen LogP contribution in [0, 0.1) is 26.7 Å². The number of aryl methyl sites for hydroxylation is 3. The van der Waals surface area contributed by atoms with Gasteiger partial charge in [0.05, 0.1) is 74.2 Å². The predicted octanol–water partition coefficient (Wildman–Crippen LogP) is 10.9. The van der Waals surface area contributed by atoms with E-state index in [4.69, 9.17) is 48.1 Å². The van der Waals surface area contributed by atoms with Crippen molar-refractivity contribution in [2.45, 2.75) is 130 Å². The van der Waals surface area contributed by atoms with Crippen molar-refractivity contribution in [3.05, 3.63) is 111 Å². The van der Waals surface area contributed by atoms with Crippen LogP contribution in [0.3, 0.4) is 0 Å². The van der Waals surface area contributed by atoms with E-state index in [-0.39, 0.29) is 11.2 Å². The molecule has 11 rings (SSSR count). The second-order valence-electron chi connectivity index (χ2n) is 21.5. The number of nitrogens with one attached hydrogen (secondary N) is 1. The Morgan fingerprint density at radius 3 is 1.46 bits per heavy atom. The van der Waals surface area contributed by atoms with Crippen molar-refractivity contribution in [3.8, 4) is 0 Å². The average molecular weight is 1190 g/mol. The standard InChI is InChI=1S/C21H26N4O3S.C16H18ClNO3S.C15H16ClNO3S.C6H10N2/c1-13-11-18-16(12-19(13)29(26,27)21(4)6-9-28-10-7-21)17(5-8-22-18)23-20-14(2)15(3)24-25-20;1-11-9-14-12(13(17)3-6-18-14)10-15(11)22(19,20)16(2)4-7-21-8-5-16;1-10-8-14-12(13(16)2-5-17-14)9-15(10)21(18,19)11-3-6-20-7-4-11;1-4-3-8-6(7)5(4)2/h5,8,11-12,14H,6-7,9-10H2,1-4H3,(H,22,23,25);3,6,9-10H,4-5,7-8H2,1-2H3;2,5,8-9,11H,3-4,6-7H2,1H3;3H2,1-2H3,(H2,7,8). The van der Waals surface area contributed by atoms with Gasteiger partial charge in [-0.05, 0) is 183 Å². The normalized spacial score (nSPS) is 20.0. The number of sulfone groups is 3. The quantitative estimate of drug-likeness (QED) is 0.151. The Bertz CT molecular complexity index is 3830. The molecule has 17 nitrogen and oxygen atoms in total. The SMILES string of the molecule is CC1=C(C)C(N)=NC1.CC1=NNC(=Nc2ccnc3cc(C)c(S(=O)(=O)C4(C)CCOCC4)cc23)C1C.Cc1cc2nccc(Cl)c2cc1S(=O)(=O)C1(C)CCOCC1.Cc1cc2nccc(Cl)c2cc1S(=O)(=O)C1CCOCC1. The summed E-state index contributed by atoms with van der Waals surface area (Å²) in [7, 11) is -10.4. The number of nitrogens with two attached hydrogens (primary N) is 1. The average Bonchev–Trinajstić information content (AvgIpc) is 3.91. The zero-order valence-electron chi connectivity index (χ0n) is 46.7. The van der Waals surface area contributed by atoms with E-state index in [9.17, 15) is 25.3 Å². The van der Waals surface area contributed by atoms with Crippen LogP contribution < -0.4 is 11.2 Å². The van der Waals surface area contributed by atoms with Crippen molar-refractivity contribution >= 4 is 108 Å². The van der Waals surface area contributed by atoms with Gasteiger partial charge in [0.25, 0.3) is 0 Å². The Morgan fingerprint density at radius 1 is 0.613 bits per heavy atom. The molecule has 8 heterocycles. The van der Waals surface area contributed by atoms with Crippen LogP contribution in [0.25, 0.3) is 32.7 Å². The Morgan fingerprint density at radius 2 is 1.04 bits per heavy atom. The van der Waals surface area contributed by atoms with Gasteiger partial charge in [0.2, 0.25) is 0 Å². The number of hydrogen-bond donors (Lipinski definition) is 2. The predicted molar refractivity (Wildman–Crippen MR) is 319 cm³/mol. The molecule has 22 heteroatoms. The van der Waals surface area contributed by atoms with Gasteiger partial charge >= 0.3 is 0 Å². The number of amidine groups is 2. The van der Waals surface area contributed by atoms with Crippen LogP contribution in [0.2, 0.25) is 10.0 Å². The molecule has 6 aromatic rings. The lowest BCUT2D eigenvalue weighted by molar-refractivity contribution is 0.0788. The van der Waals surface area contributed by atoms with Gasteiger partial charge in [-0.2, -0.15) is 5.10 Å². The summed E-state index contributed by atoms with van der Waals surface area (Å²) in [4.78, 5) is 22.7. The molecule has 5 aliphatic rings. The molecule has 3 N–H and O–H groups in total. The number of halogens is 2. The molecule has 1 atom stereocenters. The summed E-state index contributed by atoms with van der Waals surface area (Å²) in [5, 5.41) is 6.95. The van der Waals surface area contributed by atoms with E-state index in [1.807, 2.05) is 40.7 Å². The number of pyridine rings is 3. The fraction of sp³-hybridized carbons (Fsp3) is 0.448. The zero-order chi connectivity index (χ0) is 58.0. The van der Waals surface area contributed by atoms with E-state index in [1.165, 1.54) is 5.57 Å². The molecule has 3 aromatic carbocycles. The summed E-state index contributed by atoms with van der Waals surface area (Å²) in [5.41, 5.74) is 16.8. The molecular formula is C58H70Cl2N8O9S3. The molecule has 0 radical (unpaired) electrons. The maximum atomic E-state index is 13.6. The summed E-state index contributed by atoms with van der Waals surface area (Å²) in [5.74, 6) is 1.55. The molecule has 3 aromatic heterocycles. The van der Waals surface area contributed by atoms with Crippen molar-refractivity contribution in [2.75, 3.05) is 46.2 Å². The largest absolute Gasteiger partial charge is 0.384 e. The van der Waals surface area contributed by atoms with Gasteiger partial charge in [0, 0.05) is 80.1 Å². The first kappa shape index (κ1) is 60.6. The fourth-order valence-corrected chi connectivity index (χ4v) is 16.4. The molecule has 0 spiro atoms. The topological polar surface area (TPSA) is 244 Å². The molecule has 0 amide bonds. The fourth-order valence-electron chi connectivity index (χ4n) is 10.0. The number of benzene rings is 3. The molecule has 0 bridgehead atoms. The Kier molecular flexibility index (Phi) is 18.6. The van der Waals surface area contributed by atoms with Gasteiger partial charge in [0.1, 0.15) is 11.7 Å². The van der Waals surface area contributed by atoms with Gasteiger partial charge in [-0.15, -0.1) is 0 Å². The van der Waals surface area contributed by atoms with Gasteiger partial charge in [-0.3, -0.25) is 25.4 Å². The van der Waals surface area contributed by atoms with Crippen LogP contribution in [-0.2, 0) is 43.7 Å². The van der Waals surface area contributed by atoms with Crippen molar-refractivity contribution in [1.29, 1.82) is 0 Å². The summed E-state index contributed by atoms with van der Waals surface area (Å²) < 4.78 is 93.5. The minimum absolute atomic E-state index is 0.0908. The second kappa shape index (κ2) is 24.6. The summed E-state index contributed by atoms with van der Waals surface area (Å²) in [6.07, 6.45) is 8.03. The molecular weight excluding hydrogens is 1120 g/mol. The number of nitrogens with zero attached hydrogens (tertiary/aromatic N) is 6. The van der Waals surface area contributed by atoms with Crippen LogP contribution >= 0.6 is 23.2 Å². The monoisotopic (exact) mass is 1190 g/mol. The summed E-state index contributed by atoms with van der Waals surface area (Å²) in [6, 6.07) is 15.6. The number of rotatable bonds is 7. The van der Waals surface area contributed by atoms with E-state index in [1.54, 1.807) is 87.9 Å². The Labute approximate surface area is 479 Å². The number of fused-ring (bicyclic) bond motifs is 3. The maximum absolute atomic E-state index is 13.6. The highest BCUT2D eigenvalue weighted by Crippen LogP contribution is 2.40. The maximum Gasteiger partial charge on any atom is 0.184 e. The third kappa shape index (κ3) is 12.5. The minimum Gasteiger partial charge on any atom is -0.384 e. The minimum atomic E-state index is -3.54. The molecule has 5 aliphatic heterocycles. The lowest BCUT2D eigenvalue weighted by atomic mass is 10.0. The van der Waals surface area contributed by atoms with Crippen LogP contribution in [-0.4, -0.2) is 119 Å². The first-order valence-electron chi connectivity index (χ1n) is 26.6. The van der Waals surface area contributed by atoms with Gasteiger partial charge in [-0.1, -0.05) is 23.2 Å². The molecule has 0 aliphatic carbocycles. The summed E-state index contributed by atoms with van der Waals surface area (Å²) in [6.45, 7) is 20.8. The van der Waals surface area contributed by atoms with Gasteiger partial charge in [0.15, 0.2) is 29.5 Å². The highest BCUT2D eigenvalue weighted by molar-refractivity contribution is 7.93. The van der Waals surface area contributed by atoms with Crippen molar-refractivity contribution in [2.24, 2.45) is 26.7 Å². The first-order valence-corrected chi connectivity index (χ1v) is 31.9. The number of aliphatic imine (C=N–C) groups is 2. The molecule has 0 saturated carbocycles. The van der Waals surface area contributed by atoms with E-state index in [0.717, 1.165) is 34.6 Å². The first-order chi connectivity index (χ1) is 37.8. The lowest BCUT2D eigenvalue weighted by Gasteiger charge is -2.33. The zero-order valence-corrected chi connectivity index (χ0v) is 50.7. The molecule has 1 unspecified atom stereocenters. The van der Waals surface area contributed by atoms with E-state index >= 15 is 0 Å². The molecule has 3 saturated heterocycles. The van der Waals surface area contributed by atoms with Crippen LogP contribution in [0.4, 0.5) is 5.69 Å². The van der Waals surface area contributed by atoms with Crippen LogP contribution in [0.5, 0.6) is 0 Å². The number of hydrogen-bond acceptors (Lipinski definition) is 16. The van der Waals surface area contributed by atoms with Crippen molar-refractivity contribution < 1.29 is 39.5 Å². The molecule has 428 valence electrons. The number of ether oxygens (including phenoxy) is 3. The van der Waals surface area contributed by atoms with E-state index < -0.39 is 39.0 Å². The number of hydrazone groups is 1. The van der Waals surface area contributed by atoms with Crippen molar-refractivity contribution in [3.63, 3.8) is 0 Å². The van der Waals surface area contributed by atoms with Crippen molar-refractivity contribution in [1.82, 2.24) is 20.4 Å². The lowest BCUT2D eigenvalue weighted by Crippen LogP contribution is -2.41. The summed E-state index contributed by atoms with van der Waals surface area (Å²) >= 11 is 12.4. The number of aromatic nitrogens is 3. The van der Waals surface area contributed by atoms with Gasteiger partial charge in [-0.25, -0.2) is 30.2 Å². The van der Waals surface area contributed by atoms with Gasteiger partial charge < -0.3 is 19.9 Å². The molecule has 3 fully saturated rings. The smallest absolute Gasteiger partial charge is 0.184 e. The Hall–Kier alpha value is -5.45. The highest BCUT2D eigenvalue weighted by Gasteiger charge is 2.44. The van der Waals surface area contributed by atoms with E-state index in [0.29, 0.717) is 153 Å². The van der Waals surface area contributed by atoms with Crippen LogP contribution in [0.1, 0.15) is 96.8 Å². The van der Waals surface area contributed by atoms with Crippen LogP contribution in [0.15, 0.2) is 114 Å². The Balaban J connectivity index is 0.000000149. The third-order valence-corrected chi connectivity index (χ3v) is 24.5.